The van der Waals surface area contributed by atoms with Gasteiger partial charge in [0.15, 0.2) is 5.82 Å². The van der Waals surface area contributed by atoms with Gasteiger partial charge in [0.1, 0.15) is 5.69 Å². The molecular weight excluding hydrogens is 206 g/mol. The highest BCUT2D eigenvalue weighted by Crippen LogP contribution is 2.18. The van der Waals surface area contributed by atoms with Crippen LogP contribution in [0.25, 0.3) is 11.5 Å². The van der Waals surface area contributed by atoms with Gasteiger partial charge in [0.2, 0.25) is 4.47 Å². The Bertz CT molecular complexity index is 427. The first-order valence-corrected chi connectivity index (χ1v) is 4.84. The van der Waals surface area contributed by atoms with Crippen molar-refractivity contribution in [3.8, 4) is 11.5 Å². The topological polar surface area (TPSA) is 38.7 Å². The Kier molecular flexibility index (Phi) is 2.24. The molecule has 5 heteroatoms. The van der Waals surface area contributed by atoms with Crippen molar-refractivity contribution in [3.63, 3.8) is 0 Å². The fourth-order valence-electron chi connectivity index (χ4n) is 0.977. The van der Waals surface area contributed by atoms with Crippen LogP contribution >= 0.6 is 23.1 Å². The molecule has 66 valence electrons. The minimum Gasteiger partial charge on any atom is -0.250 e. The van der Waals surface area contributed by atoms with Gasteiger partial charge >= 0.3 is 0 Å². The summed E-state index contributed by atoms with van der Waals surface area (Å²) in [5, 5.41) is 0. The van der Waals surface area contributed by atoms with Gasteiger partial charge in [-0.3, -0.25) is 0 Å². The number of halogens is 1. The summed E-state index contributed by atoms with van der Waals surface area (Å²) in [7, 11) is 0. The van der Waals surface area contributed by atoms with Crippen molar-refractivity contribution >= 4 is 23.1 Å². The summed E-state index contributed by atoms with van der Waals surface area (Å²) in [6.45, 7) is 1.93. The van der Waals surface area contributed by atoms with Crippen LogP contribution in [-0.4, -0.2) is 14.3 Å². The van der Waals surface area contributed by atoms with Crippen molar-refractivity contribution in [2.24, 2.45) is 0 Å². The van der Waals surface area contributed by atoms with E-state index >= 15 is 0 Å². The zero-order chi connectivity index (χ0) is 9.26. The number of hydrogen-bond acceptors (Lipinski definition) is 4. The van der Waals surface area contributed by atoms with Gasteiger partial charge in [-0.15, -0.1) is 0 Å². The third-order valence-corrected chi connectivity index (χ3v) is 2.32. The van der Waals surface area contributed by atoms with Gasteiger partial charge in [0.05, 0.1) is 0 Å². The standard InChI is InChI=1S/C8H6ClN3S/c1-5-3-2-4-6(10-5)7-11-8(9)13-12-7/h2-4H,1H3. The molecule has 0 fully saturated rings. The normalized spacial score (nSPS) is 10.3. The smallest absolute Gasteiger partial charge is 0.203 e. The maximum absolute atomic E-state index is 5.67. The number of pyridine rings is 1. The van der Waals surface area contributed by atoms with Crippen LogP contribution in [0.3, 0.4) is 0 Å². The Morgan fingerprint density at radius 3 is 2.77 bits per heavy atom. The molecule has 2 heterocycles. The van der Waals surface area contributed by atoms with E-state index in [-0.39, 0.29) is 0 Å². The van der Waals surface area contributed by atoms with Crippen LogP contribution in [0.2, 0.25) is 4.47 Å². The second-order valence-electron chi connectivity index (χ2n) is 2.54. The van der Waals surface area contributed by atoms with E-state index < -0.39 is 0 Å². The number of hydrogen-bond donors (Lipinski definition) is 0. The van der Waals surface area contributed by atoms with E-state index in [0.717, 1.165) is 11.4 Å². The molecule has 2 aromatic rings. The van der Waals surface area contributed by atoms with E-state index in [1.54, 1.807) is 0 Å². The second kappa shape index (κ2) is 3.40. The SMILES string of the molecule is Cc1cccc(-c2nsc(Cl)n2)n1. The number of nitrogens with zero attached hydrogens (tertiary/aromatic N) is 3. The predicted molar refractivity (Wildman–Crippen MR) is 52.9 cm³/mol. The van der Waals surface area contributed by atoms with Crippen LogP contribution in [0.5, 0.6) is 0 Å². The summed E-state index contributed by atoms with van der Waals surface area (Å²) >= 11 is 6.84. The Morgan fingerprint density at radius 1 is 1.31 bits per heavy atom. The van der Waals surface area contributed by atoms with Crippen molar-refractivity contribution < 1.29 is 0 Å². The third-order valence-electron chi connectivity index (χ3n) is 1.52. The molecule has 0 aliphatic carbocycles. The van der Waals surface area contributed by atoms with Crippen molar-refractivity contribution in [1.82, 2.24) is 14.3 Å². The molecule has 0 amide bonds. The lowest BCUT2D eigenvalue weighted by atomic mass is 10.3. The van der Waals surface area contributed by atoms with Crippen LogP contribution < -0.4 is 0 Å². The van der Waals surface area contributed by atoms with E-state index in [2.05, 4.69) is 14.3 Å². The lowest BCUT2D eigenvalue weighted by Gasteiger charge is -1.94. The molecule has 0 bridgehead atoms. The van der Waals surface area contributed by atoms with Crippen molar-refractivity contribution in [2.75, 3.05) is 0 Å². The van der Waals surface area contributed by atoms with E-state index in [4.69, 9.17) is 11.6 Å². The summed E-state index contributed by atoms with van der Waals surface area (Å²) in [4.78, 5) is 8.31. The highest BCUT2D eigenvalue weighted by Gasteiger charge is 2.05. The highest BCUT2D eigenvalue weighted by atomic mass is 35.5. The molecule has 2 rings (SSSR count). The Balaban J connectivity index is 2.46. The van der Waals surface area contributed by atoms with Crippen LogP contribution in [0, 0.1) is 6.92 Å². The van der Waals surface area contributed by atoms with Gasteiger partial charge in [-0.1, -0.05) is 6.07 Å². The molecule has 3 nitrogen and oxygen atoms in total. The zero-order valence-electron chi connectivity index (χ0n) is 6.86. The zero-order valence-corrected chi connectivity index (χ0v) is 8.43. The molecule has 0 unspecified atom stereocenters. The summed E-state index contributed by atoms with van der Waals surface area (Å²) in [5.41, 5.74) is 1.71. The van der Waals surface area contributed by atoms with Crippen LogP contribution in [0.4, 0.5) is 0 Å². The molecule has 0 saturated carbocycles. The monoisotopic (exact) mass is 211 g/mol. The maximum Gasteiger partial charge on any atom is 0.203 e. The minimum atomic E-state index is 0.443. The van der Waals surface area contributed by atoms with Gasteiger partial charge in [0, 0.05) is 5.69 Å². The first-order valence-electron chi connectivity index (χ1n) is 3.69. The average molecular weight is 212 g/mol. The average Bonchev–Trinajstić information content (AvgIpc) is 2.52. The molecule has 0 radical (unpaired) electrons. The molecule has 13 heavy (non-hydrogen) atoms. The van der Waals surface area contributed by atoms with Crippen LogP contribution in [-0.2, 0) is 0 Å². The predicted octanol–water partition coefficient (Wildman–Crippen LogP) is 2.56. The summed E-state index contributed by atoms with van der Waals surface area (Å²) in [6, 6.07) is 5.72. The second-order valence-corrected chi connectivity index (χ2v) is 3.87. The molecule has 0 aliphatic heterocycles. The molecule has 0 spiro atoms. The fraction of sp³-hybridized carbons (Fsp3) is 0.125. The van der Waals surface area contributed by atoms with Gasteiger partial charge in [-0.25, -0.2) is 9.97 Å². The minimum absolute atomic E-state index is 0.443. The summed E-state index contributed by atoms with van der Waals surface area (Å²) in [5.74, 6) is 0.596. The quantitative estimate of drug-likeness (QED) is 0.728. The maximum atomic E-state index is 5.67. The Labute approximate surface area is 84.6 Å². The van der Waals surface area contributed by atoms with Crippen molar-refractivity contribution in [3.05, 3.63) is 28.4 Å². The molecule has 0 atom stereocenters. The first-order chi connectivity index (χ1) is 6.25. The van der Waals surface area contributed by atoms with Gasteiger partial charge < -0.3 is 0 Å². The lowest BCUT2D eigenvalue weighted by Crippen LogP contribution is -1.87. The van der Waals surface area contributed by atoms with Gasteiger partial charge in [-0.05, 0) is 42.2 Å². The lowest BCUT2D eigenvalue weighted by molar-refractivity contribution is 1.17. The molecule has 2 aromatic heterocycles. The molecule has 0 aromatic carbocycles. The first kappa shape index (κ1) is 8.59. The number of aromatic nitrogens is 3. The van der Waals surface area contributed by atoms with Crippen molar-refractivity contribution in [2.45, 2.75) is 6.92 Å². The largest absolute Gasteiger partial charge is 0.250 e. The molecule has 0 N–H and O–H groups in total. The number of rotatable bonds is 1. The van der Waals surface area contributed by atoms with Crippen LogP contribution in [0.15, 0.2) is 18.2 Å². The van der Waals surface area contributed by atoms with Gasteiger partial charge in [0.25, 0.3) is 0 Å². The molecule has 0 aliphatic rings. The van der Waals surface area contributed by atoms with Gasteiger partial charge in [-0.2, -0.15) is 4.37 Å². The van der Waals surface area contributed by atoms with E-state index in [1.807, 2.05) is 25.1 Å². The highest BCUT2D eigenvalue weighted by molar-refractivity contribution is 7.10. The van der Waals surface area contributed by atoms with E-state index in [9.17, 15) is 0 Å². The fourth-order valence-corrected chi connectivity index (χ4v) is 1.58. The van der Waals surface area contributed by atoms with Crippen LogP contribution in [0.1, 0.15) is 5.69 Å². The molecule has 0 saturated heterocycles. The number of aryl methyl sites for hydroxylation is 1. The molecular formula is C8H6ClN3S. The summed E-state index contributed by atoms with van der Waals surface area (Å²) < 4.78 is 4.51. The van der Waals surface area contributed by atoms with E-state index in [0.29, 0.717) is 10.3 Å². The van der Waals surface area contributed by atoms with E-state index in [1.165, 1.54) is 11.5 Å². The Morgan fingerprint density at radius 2 is 2.15 bits per heavy atom. The summed E-state index contributed by atoms with van der Waals surface area (Å²) in [6.07, 6.45) is 0. The Hall–Kier alpha value is -1.00. The van der Waals surface area contributed by atoms with Crippen molar-refractivity contribution in [1.29, 1.82) is 0 Å². The third kappa shape index (κ3) is 1.84.